The molecule has 1 aromatic rings. The van der Waals surface area contributed by atoms with E-state index < -0.39 is 9.84 Å². The topological polar surface area (TPSA) is 34.1 Å². The average Bonchev–Trinajstić information content (AvgIpc) is 2.28. The van der Waals surface area contributed by atoms with Crippen LogP contribution in [-0.4, -0.2) is 19.4 Å². The first-order valence-corrected chi connectivity index (χ1v) is 8.25. The third-order valence-corrected chi connectivity index (χ3v) is 6.95. The summed E-state index contributed by atoms with van der Waals surface area (Å²) in [5.41, 5.74) is 0.821. The smallest absolute Gasteiger partial charge is 0.154 e. The highest BCUT2D eigenvalue weighted by molar-refractivity contribution is 9.09. The van der Waals surface area contributed by atoms with Crippen LogP contribution in [0.1, 0.15) is 29.7 Å². The third-order valence-electron chi connectivity index (χ3n) is 3.14. The highest BCUT2D eigenvalue weighted by Gasteiger charge is 2.34. The second-order valence-corrected chi connectivity index (χ2v) is 7.68. The van der Waals surface area contributed by atoms with Crippen molar-refractivity contribution in [2.24, 2.45) is 0 Å². The highest BCUT2D eigenvalue weighted by atomic mass is 79.9. The molecule has 2 rings (SSSR count). The highest BCUT2D eigenvalue weighted by Crippen LogP contribution is 2.36. The molecule has 0 radical (unpaired) electrons. The molecular weight excluding hydrogens is 307 g/mol. The van der Waals surface area contributed by atoms with Gasteiger partial charge in [-0.25, -0.2) is 12.8 Å². The number of alkyl halides is 1. The van der Waals surface area contributed by atoms with Crippen molar-refractivity contribution >= 4 is 25.8 Å². The van der Waals surface area contributed by atoms with Gasteiger partial charge in [-0.3, -0.25) is 0 Å². The Hall–Kier alpha value is -0.420. The average molecular weight is 321 g/mol. The lowest BCUT2D eigenvalue weighted by atomic mass is 10.1. The zero-order chi connectivity index (χ0) is 12.5. The van der Waals surface area contributed by atoms with Crippen molar-refractivity contribution < 1.29 is 12.8 Å². The van der Waals surface area contributed by atoms with Crippen molar-refractivity contribution in [2.45, 2.75) is 29.3 Å². The molecule has 2 unspecified atom stereocenters. The van der Waals surface area contributed by atoms with Crippen LogP contribution in [0.3, 0.4) is 0 Å². The maximum absolute atomic E-state index is 12.8. The standard InChI is InChI=1S/C12H14BrFO2S/c13-12(9-4-6-10(14)7-5-9)11-3-1-2-8-17(11,15)16/h4-7,11-12H,1-3,8H2. The van der Waals surface area contributed by atoms with Crippen LogP contribution in [0.15, 0.2) is 24.3 Å². The van der Waals surface area contributed by atoms with Gasteiger partial charge in [0.2, 0.25) is 0 Å². The Labute approximate surface area is 109 Å². The Morgan fingerprint density at radius 3 is 2.47 bits per heavy atom. The van der Waals surface area contributed by atoms with Crippen LogP contribution >= 0.6 is 15.9 Å². The van der Waals surface area contributed by atoms with Gasteiger partial charge < -0.3 is 0 Å². The molecule has 2 nitrogen and oxygen atoms in total. The van der Waals surface area contributed by atoms with Crippen LogP contribution in [0.2, 0.25) is 0 Å². The SMILES string of the molecule is O=S1(=O)CCCCC1C(Br)c1ccc(F)cc1. The first-order chi connectivity index (χ1) is 8.00. The molecule has 1 aromatic carbocycles. The number of hydrogen-bond acceptors (Lipinski definition) is 2. The Morgan fingerprint density at radius 1 is 1.24 bits per heavy atom. The fraction of sp³-hybridized carbons (Fsp3) is 0.500. The first kappa shape index (κ1) is 13.0. The van der Waals surface area contributed by atoms with Gasteiger partial charge in [-0.15, -0.1) is 0 Å². The normalized spacial score (nSPS) is 25.4. The molecule has 1 heterocycles. The van der Waals surface area contributed by atoms with Gasteiger partial charge in [-0.1, -0.05) is 34.5 Å². The molecule has 1 aliphatic heterocycles. The van der Waals surface area contributed by atoms with E-state index in [0.717, 1.165) is 18.4 Å². The fourth-order valence-corrected chi connectivity index (χ4v) is 5.68. The minimum absolute atomic E-state index is 0.242. The van der Waals surface area contributed by atoms with Crippen molar-refractivity contribution in [3.05, 3.63) is 35.6 Å². The lowest BCUT2D eigenvalue weighted by Crippen LogP contribution is -2.31. The van der Waals surface area contributed by atoms with Crippen molar-refractivity contribution in [3.8, 4) is 0 Å². The quantitative estimate of drug-likeness (QED) is 0.784. The van der Waals surface area contributed by atoms with E-state index >= 15 is 0 Å². The molecule has 5 heteroatoms. The largest absolute Gasteiger partial charge is 0.228 e. The minimum Gasteiger partial charge on any atom is -0.228 e. The zero-order valence-electron chi connectivity index (χ0n) is 9.27. The van der Waals surface area contributed by atoms with Crippen LogP contribution < -0.4 is 0 Å². The van der Waals surface area contributed by atoms with E-state index in [9.17, 15) is 12.8 Å². The van der Waals surface area contributed by atoms with Crippen LogP contribution in [0.5, 0.6) is 0 Å². The van der Waals surface area contributed by atoms with Gasteiger partial charge in [0.25, 0.3) is 0 Å². The summed E-state index contributed by atoms with van der Waals surface area (Å²) in [6, 6.07) is 6.00. The van der Waals surface area contributed by atoms with Gasteiger partial charge in [0, 0.05) is 0 Å². The van der Waals surface area contributed by atoms with E-state index in [-0.39, 0.29) is 21.6 Å². The number of benzene rings is 1. The summed E-state index contributed by atoms with van der Waals surface area (Å²) in [6.45, 7) is 0. The summed E-state index contributed by atoms with van der Waals surface area (Å²) in [5.74, 6) is -0.0408. The van der Waals surface area contributed by atoms with E-state index in [1.807, 2.05) is 0 Å². The van der Waals surface area contributed by atoms with Crippen molar-refractivity contribution in [1.29, 1.82) is 0 Å². The Morgan fingerprint density at radius 2 is 1.88 bits per heavy atom. The van der Waals surface area contributed by atoms with E-state index in [1.165, 1.54) is 12.1 Å². The maximum Gasteiger partial charge on any atom is 0.154 e. The Balaban J connectivity index is 2.24. The Bertz CT molecular complexity index is 484. The van der Waals surface area contributed by atoms with Gasteiger partial charge >= 0.3 is 0 Å². The lowest BCUT2D eigenvalue weighted by molar-refractivity contribution is 0.536. The van der Waals surface area contributed by atoms with Gasteiger partial charge in [0.05, 0.1) is 15.8 Å². The molecule has 1 fully saturated rings. The summed E-state index contributed by atoms with van der Waals surface area (Å²) < 4.78 is 36.7. The molecule has 0 aromatic heterocycles. The second-order valence-electron chi connectivity index (χ2n) is 4.35. The molecule has 0 saturated carbocycles. The van der Waals surface area contributed by atoms with Crippen molar-refractivity contribution in [2.75, 3.05) is 5.75 Å². The van der Waals surface area contributed by atoms with Crippen LogP contribution in [-0.2, 0) is 9.84 Å². The molecule has 0 amide bonds. The summed E-state index contributed by atoms with van der Waals surface area (Å²) in [4.78, 5) is -0.242. The molecule has 1 saturated heterocycles. The molecule has 17 heavy (non-hydrogen) atoms. The molecule has 0 bridgehead atoms. The monoisotopic (exact) mass is 320 g/mol. The first-order valence-electron chi connectivity index (χ1n) is 5.62. The predicted molar refractivity (Wildman–Crippen MR) is 69.5 cm³/mol. The summed E-state index contributed by atoms with van der Waals surface area (Å²) in [5, 5.41) is -0.387. The maximum atomic E-state index is 12.8. The van der Waals surface area contributed by atoms with Gasteiger partial charge in [-0.05, 0) is 30.5 Å². The molecule has 0 aliphatic carbocycles. The van der Waals surface area contributed by atoms with E-state index in [0.29, 0.717) is 6.42 Å². The summed E-state index contributed by atoms with van der Waals surface area (Å²) in [6.07, 6.45) is 2.37. The minimum atomic E-state index is -3.02. The predicted octanol–water partition coefficient (Wildman–Crippen LogP) is 3.23. The van der Waals surface area contributed by atoms with Crippen LogP contribution in [0.4, 0.5) is 4.39 Å². The van der Waals surface area contributed by atoms with Gasteiger partial charge in [0.1, 0.15) is 5.82 Å². The number of rotatable bonds is 2. The van der Waals surface area contributed by atoms with Gasteiger partial charge in [0.15, 0.2) is 9.84 Å². The molecule has 2 atom stereocenters. The van der Waals surface area contributed by atoms with Crippen LogP contribution in [0.25, 0.3) is 0 Å². The number of hydrogen-bond donors (Lipinski definition) is 0. The summed E-state index contributed by atoms with van der Waals surface area (Å²) >= 11 is 3.45. The van der Waals surface area contributed by atoms with Crippen LogP contribution in [0, 0.1) is 5.82 Å². The fourth-order valence-electron chi connectivity index (χ4n) is 2.17. The van der Waals surface area contributed by atoms with Crippen molar-refractivity contribution in [3.63, 3.8) is 0 Å². The van der Waals surface area contributed by atoms with E-state index in [2.05, 4.69) is 15.9 Å². The van der Waals surface area contributed by atoms with E-state index in [1.54, 1.807) is 12.1 Å². The van der Waals surface area contributed by atoms with E-state index in [4.69, 9.17) is 0 Å². The number of sulfone groups is 1. The molecule has 1 aliphatic rings. The zero-order valence-corrected chi connectivity index (χ0v) is 11.7. The lowest BCUT2D eigenvalue weighted by Gasteiger charge is -2.26. The second kappa shape index (κ2) is 5.06. The number of halogens is 2. The molecular formula is C12H14BrFO2S. The third kappa shape index (κ3) is 2.88. The molecule has 0 N–H and O–H groups in total. The van der Waals surface area contributed by atoms with Crippen molar-refractivity contribution in [1.82, 2.24) is 0 Å². The molecule has 0 spiro atoms. The Kier molecular flexibility index (Phi) is 3.88. The van der Waals surface area contributed by atoms with Gasteiger partial charge in [-0.2, -0.15) is 0 Å². The molecule has 94 valence electrons. The summed E-state index contributed by atoms with van der Waals surface area (Å²) in [7, 11) is -3.02.